The molecule has 0 bridgehead atoms. The number of ether oxygens (including phenoxy) is 1. The normalized spacial score (nSPS) is 11.1. The van der Waals surface area contributed by atoms with Gasteiger partial charge in [0, 0.05) is 16.2 Å². The first kappa shape index (κ1) is 13.3. The van der Waals surface area contributed by atoms with Gasteiger partial charge in [-0.05, 0) is 23.6 Å². The topological polar surface area (TPSA) is 9.23 Å². The zero-order valence-corrected chi connectivity index (χ0v) is 11.9. The van der Waals surface area contributed by atoms with Gasteiger partial charge in [0.05, 0.1) is 13.2 Å². The van der Waals surface area contributed by atoms with Crippen LogP contribution in [0.5, 0.6) is 0 Å². The molecule has 0 fully saturated rings. The predicted octanol–water partition coefficient (Wildman–Crippen LogP) is 4.63. The van der Waals surface area contributed by atoms with Crippen molar-refractivity contribution in [2.24, 2.45) is 0 Å². The summed E-state index contributed by atoms with van der Waals surface area (Å²) in [5, 5.41) is 0. The summed E-state index contributed by atoms with van der Waals surface area (Å²) in [7, 11) is 0. The Morgan fingerprint density at radius 2 is 1.83 bits per heavy atom. The summed E-state index contributed by atoms with van der Waals surface area (Å²) in [5.74, 6) is 0.633. The van der Waals surface area contributed by atoms with E-state index < -0.39 is 0 Å². The third kappa shape index (κ3) is 3.97. The van der Waals surface area contributed by atoms with E-state index in [0.717, 1.165) is 13.0 Å². The van der Waals surface area contributed by atoms with Crippen LogP contribution in [0.25, 0.3) is 0 Å². The summed E-state index contributed by atoms with van der Waals surface area (Å²) >= 11 is 1.91. The fourth-order valence-electron chi connectivity index (χ4n) is 1.78. The molecule has 1 aromatic heterocycles. The summed E-state index contributed by atoms with van der Waals surface area (Å²) in [5.41, 5.74) is 1.24. The van der Waals surface area contributed by atoms with Gasteiger partial charge in [0.25, 0.3) is 0 Å². The summed E-state index contributed by atoms with van der Waals surface area (Å²) in [4.78, 5) is 2.89. The van der Waals surface area contributed by atoms with Crippen LogP contribution in [0.3, 0.4) is 0 Å². The molecule has 0 aliphatic heterocycles. The molecule has 96 valence electrons. The minimum Gasteiger partial charge on any atom is -0.376 e. The van der Waals surface area contributed by atoms with E-state index in [2.05, 4.69) is 38.1 Å². The number of hydrogen-bond donors (Lipinski definition) is 0. The molecule has 2 aromatic rings. The van der Waals surface area contributed by atoms with Crippen molar-refractivity contribution in [3.05, 3.63) is 57.8 Å². The standard InChI is InChI=1S/C16H20OS/c1-13(2)16-9-8-15(18-16)10-11-17-12-14-6-4-3-5-7-14/h3-9,13H,10-12H2,1-2H3. The van der Waals surface area contributed by atoms with Crippen LogP contribution in [-0.2, 0) is 17.8 Å². The molecule has 0 radical (unpaired) electrons. The molecule has 1 aromatic carbocycles. The zero-order chi connectivity index (χ0) is 12.8. The third-order valence-electron chi connectivity index (χ3n) is 2.86. The fraction of sp³-hybridized carbons (Fsp3) is 0.375. The van der Waals surface area contributed by atoms with Gasteiger partial charge in [0.2, 0.25) is 0 Å². The quantitative estimate of drug-likeness (QED) is 0.688. The summed E-state index contributed by atoms with van der Waals surface area (Å²) in [6, 6.07) is 14.8. The Morgan fingerprint density at radius 1 is 1.06 bits per heavy atom. The van der Waals surface area contributed by atoms with Crippen LogP contribution in [0, 0.1) is 0 Å². The van der Waals surface area contributed by atoms with Gasteiger partial charge in [0.15, 0.2) is 0 Å². The van der Waals surface area contributed by atoms with Crippen LogP contribution in [-0.4, -0.2) is 6.61 Å². The SMILES string of the molecule is CC(C)c1ccc(CCOCc2ccccc2)s1. The van der Waals surface area contributed by atoms with E-state index in [9.17, 15) is 0 Å². The van der Waals surface area contributed by atoms with E-state index in [-0.39, 0.29) is 0 Å². The van der Waals surface area contributed by atoms with E-state index in [0.29, 0.717) is 12.5 Å². The Hall–Kier alpha value is -1.12. The van der Waals surface area contributed by atoms with Crippen molar-refractivity contribution < 1.29 is 4.74 Å². The van der Waals surface area contributed by atoms with Crippen LogP contribution in [0.1, 0.15) is 35.1 Å². The Kier molecular flexibility index (Phi) is 4.97. The maximum absolute atomic E-state index is 5.70. The highest BCUT2D eigenvalue weighted by atomic mass is 32.1. The third-order valence-corrected chi connectivity index (χ3v) is 4.30. The van der Waals surface area contributed by atoms with Crippen molar-refractivity contribution in [1.29, 1.82) is 0 Å². The molecule has 0 saturated carbocycles. The molecule has 1 heterocycles. The Morgan fingerprint density at radius 3 is 2.50 bits per heavy atom. The Bertz CT molecular complexity index is 459. The lowest BCUT2D eigenvalue weighted by Gasteiger charge is -2.03. The lowest BCUT2D eigenvalue weighted by atomic mass is 10.2. The molecule has 0 atom stereocenters. The van der Waals surface area contributed by atoms with E-state index in [1.165, 1.54) is 15.3 Å². The molecular weight excluding hydrogens is 240 g/mol. The second kappa shape index (κ2) is 6.72. The van der Waals surface area contributed by atoms with Crippen molar-refractivity contribution >= 4 is 11.3 Å². The zero-order valence-electron chi connectivity index (χ0n) is 11.1. The summed E-state index contributed by atoms with van der Waals surface area (Å²) in [6.07, 6.45) is 1.02. The Labute approximate surface area is 113 Å². The van der Waals surface area contributed by atoms with Crippen LogP contribution in [0.2, 0.25) is 0 Å². The molecule has 18 heavy (non-hydrogen) atoms. The van der Waals surface area contributed by atoms with Gasteiger partial charge in [-0.3, -0.25) is 0 Å². The van der Waals surface area contributed by atoms with Crippen LogP contribution < -0.4 is 0 Å². The molecule has 2 rings (SSSR count). The fourth-order valence-corrected chi connectivity index (χ4v) is 2.77. The number of thiophene rings is 1. The molecular formula is C16H20OS. The van der Waals surface area contributed by atoms with E-state index in [1.807, 2.05) is 29.5 Å². The highest BCUT2D eigenvalue weighted by Crippen LogP contribution is 2.24. The smallest absolute Gasteiger partial charge is 0.0717 e. The van der Waals surface area contributed by atoms with Crippen molar-refractivity contribution in [3.8, 4) is 0 Å². The van der Waals surface area contributed by atoms with Gasteiger partial charge >= 0.3 is 0 Å². The second-order valence-electron chi connectivity index (χ2n) is 4.75. The molecule has 2 heteroatoms. The van der Waals surface area contributed by atoms with Crippen LogP contribution in [0.15, 0.2) is 42.5 Å². The highest BCUT2D eigenvalue weighted by Gasteiger charge is 2.03. The number of rotatable bonds is 6. The van der Waals surface area contributed by atoms with Gasteiger partial charge in [-0.15, -0.1) is 11.3 Å². The lowest BCUT2D eigenvalue weighted by molar-refractivity contribution is 0.124. The monoisotopic (exact) mass is 260 g/mol. The number of benzene rings is 1. The highest BCUT2D eigenvalue weighted by molar-refractivity contribution is 7.12. The van der Waals surface area contributed by atoms with E-state index in [4.69, 9.17) is 4.74 Å². The van der Waals surface area contributed by atoms with Gasteiger partial charge in [-0.1, -0.05) is 44.2 Å². The molecule has 0 amide bonds. The molecule has 0 N–H and O–H groups in total. The first-order valence-corrected chi connectivity index (χ1v) is 7.27. The Balaban J connectivity index is 1.72. The maximum atomic E-state index is 5.70. The number of hydrogen-bond acceptors (Lipinski definition) is 2. The summed E-state index contributed by atoms with van der Waals surface area (Å²) < 4.78 is 5.70. The predicted molar refractivity (Wildman–Crippen MR) is 78.2 cm³/mol. The van der Waals surface area contributed by atoms with Gasteiger partial charge in [0.1, 0.15) is 0 Å². The molecule has 1 nitrogen and oxygen atoms in total. The van der Waals surface area contributed by atoms with Gasteiger partial charge in [-0.25, -0.2) is 0 Å². The average Bonchev–Trinajstić information content (AvgIpc) is 2.85. The van der Waals surface area contributed by atoms with Gasteiger partial charge < -0.3 is 4.74 Å². The summed E-state index contributed by atoms with van der Waals surface area (Å²) in [6.45, 7) is 5.99. The maximum Gasteiger partial charge on any atom is 0.0717 e. The molecule has 0 aliphatic rings. The molecule has 0 unspecified atom stereocenters. The minimum absolute atomic E-state index is 0.633. The first-order chi connectivity index (χ1) is 8.75. The van der Waals surface area contributed by atoms with Crippen molar-refractivity contribution in [2.45, 2.75) is 32.8 Å². The molecule has 0 aliphatic carbocycles. The lowest BCUT2D eigenvalue weighted by Crippen LogP contribution is -1.97. The average molecular weight is 260 g/mol. The largest absolute Gasteiger partial charge is 0.376 e. The van der Waals surface area contributed by atoms with Crippen molar-refractivity contribution in [3.63, 3.8) is 0 Å². The van der Waals surface area contributed by atoms with E-state index in [1.54, 1.807) is 0 Å². The van der Waals surface area contributed by atoms with Crippen molar-refractivity contribution in [1.82, 2.24) is 0 Å². The second-order valence-corrected chi connectivity index (χ2v) is 5.95. The van der Waals surface area contributed by atoms with Crippen LogP contribution >= 0.6 is 11.3 Å². The molecule has 0 spiro atoms. The van der Waals surface area contributed by atoms with Crippen molar-refractivity contribution in [2.75, 3.05) is 6.61 Å². The van der Waals surface area contributed by atoms with E-state index >= 15 is 0 Å². The van der Waals surface area contributed by atoms with Gasteiger partial charge in [-0.2, -0.15) is 0 Å². The minimum atomic E-state index is 0.633. The van der Waals surface area contributed by atoms with Crippen LogP contribution in [0.4, 0.5) is 0 Å². The first-order valence-electron chi connectivity index (χ1n) is 6.46. The molecule has 0 saturated heterocycles.